The number of amides is 1. The number of nitrogens with two attached hydrogens (primary N) is 1. The lowest BCUT2D eigenvalue weighted by Crippen LogP contribution is -2.26. The van der Waals surface area contributed by atoms with Crippen LogP contribution in [0, 0.1) is 12.8 Å². The number of aryl methyl sites for hydroxylation is 1. The van der Waals surface area contributed by atoms with Crippen LogP contribution in [0.25, 0.3) is 0 Å². The van der Waals surface area contributed by atoms with Crippen LogP contribution in [0.2, 0.25) is 0 Å². The second kappa shape index (κ2) is 4.79. The van der Waals surface area contributed by atoms with Crippen molar-refractivity contribution in [3.8, 4) is 5.75 Å². The van der Waals surface area contributed by atoms with E-state index in [4.69, 9.17) is 5.73 Å². The third-order valence-electron chi connectivity index (χ3n) is 2.27. The summed E-state index contributed by atoms with van der Waals surface area (Å²) in [4.78, 5) is 11.5. The number of carbonyl (C=O) groups is 1. The molecule has 0 aliphatic carbocycles. The van der Waals surface area contributed by atoms with Gasteiger partial charge in [-0.05, 0) is 30.7 Å². The maximum Gasteiger partial charge on any atom is 0.228 e. The minimum absolute atomic E-state index is 0.109. The van der Waals surface area contributed by atoms with Crippen molar-refractivity contribution in [2.45, 2.75) is 13.8 Å². The standard InChI is InChI=1S/C11H16N2O2/c1-7-5-9(3-4-10(7)14)13-11(15)8(2)6-12/h3-5,8,14H,6,12H2,1-2H3,(H,13,15). The molecule has 4 N–H and O–H groups in total. The van der Waals surface area contributed by atoms with Gasteiger partial charge < -0.3 is 16.2 Å². The lowest BCUT2D eigenvalue weighted by atomic mass is 10.1. The molecule has 0 spiro atoms. The van der Waals surface area contributed by atoms with Crippen LogP contribution in [0.4, 0.5) is 5.69 Å². The number of hydrogen-bond donors (Lipinski definition) is 3. The lowest BCUT2D eigenvalue weighted by molar-refractivity contribution is -0.119. The van der Waals surface area contributed by atoms with Gasteiger partial charge >= 0.3 is 0 Å². The van der Waals surface area contributed by atoms with Crippen LogP contribution in [0.5, 0.6) is 5.75 Å². The highest BCUT2D eigenvalue weighted by Crippen LogP contribution is 2.20. The van der Waals surface area contributed by atoms with E-state index < -0.39 is 0 Å². The average molecular weight is 208 g/mol. The van der Waals surface area contributed by atoms with Crippen molar-refractivity contribution >= 4 is 11.6 Å². The number of phenols is 1. The summed E-state index contributed by atoms with van der Waals surface area (Å²) in [5.74, 6) is -0.0958. The average Bonchev–Trinajstić information content (AvgIpc) is 2.22. The first-order valence-corrected chi connectivity index (χ1v) is 4.85. The first-order valence-electron chi connectivity index (χ1n) is 4.85. The zero-order chi connectivity index (χ0) is 11.4. The SMILES string of the molecule is Cc1cc(NC(=O)C(C)CN)ccc1O. The van der Waals surface area contributed by atoms with Crippen molar-refractivity contribution in [3.63, 3.8) is 0 Å². The van der Waals surface area contributed by atoms with Crippen LogP contribution < -0.4 is 11.1 Å². The third-order valence-corrected chi connectivity index (χ3v) is 2.27. The Labute approximate surface area is 89.1 Å². The highest BCUT2D eigenvalue weighted by Gasteiger charge is 2.10. The molecule has 0 fully saturated rings. The van der Waals surface area contributed by atoms with E-state index in [1.807, 2.05) is 0 Å². The van der Waals surface area contributed by atoms with Gasteiger partial charge in [-0.15, -0.1) is 0 Å². The summed E-state index contributed by atoms with van der Waals surface area (Å²) in [5, 5.41) is 12.0. The highest BCUT2D eigenvalue weighted by molar-refractivity contribution is 5.92. The molecular weight excluding hydrogens is 192 g/mol. The summed E-state index contributed by atoms with van der Waals surface area (Å²) < 4.78 is 0. The van der Waals surface area contributed by atoms with Gasteiger partial charge in [-0.1, -0.05) is 6.92 Å². The summed E-state index contributed by atoms with van der Waals surface area (Å²) >= 11 is 0. The molecular formula is C11H16N2O2. The Morgan fingerprint density at radius 3 is 2.80 bits per heavy atom. The molecule has 0 heterocycles. The van der Waals surface area contributed by atoms with E-state index in [1.54, 1.807) is 32.0 Å². The fourth-order valence-electron chi connectivity index (χ4n) is 1.11. The molecule has 0 bridgehead atoms. The van der Waals surface area contributed by atoms with Crippen molar-refractivity contribution in [1.82, 2.24) is 0 Å². The Bertz CT molecular complexity index is 364. The van der Waals surface area contributed by atoms with Gasteiger partial charge in [-0.3, -0.25) is 4.79 Å². The molecule has 0 saturated carbocycles. The Hall–Kier alpha value is -1.55. The van der Waals surface area contributed by atoms with E-state index in [0.717, 1.165) is 5.56 Å². The Morgan fingerprint density at radius 2 is 2.27 bits per heavy atom. The first kappa shape index (κ1) is 11.5. The molecule has 0 aromatic heterocycles. The molecule has 82 valence electrons. The number of aromatic hydroxyl groups is 1. The Balaban J connectivity index is 2.73. The van der Waals surface area contributed by atoms with Crippen LogP contribution >= 0.6 is 0 Å². The van der Waals surface area contributed by atoms with Gasteiger partial charge in [0.05, 0.1) is 0 Å². The van der Waals surface area contributed by atoms with Crippen molar-refractivity contribution < 1.29 is 9.90 Å². The molecule has 4 heteroatoms. The van der Waals surface area contributed by atoms with Gasteiger partial charge in [-0.2, -0.15) is 0 Å². The number of carbonyl (C=O) groups excluding carboxylic acids is 1. The first-order chi connectivity index (χ1) is 7.04. The van der Waals surface area contributed by atoms with Crippen molar-refractivity contribution in [2.24, 2.45) is 11.7 Å². The molecule has 4 nitrogen and oxygen atoms in total. The fraction of sp³-hybridized carbons (Fsp3) is 0.364. The number of phenolic OH excluding ortho intramolecular Hbond substituents is 1. The second-order valence-electron chi connectivity index (χ2n) is 3.63. The van der Waals surface area contributed by atoms with E-state index in [0.29, 0.717) is 12.2 Å². The molecule has 0 radical (unpaired) electrons. The van der Waals surface area contributed by atoms with Crippen molar-refractivity contribution in [1.29, 1.82) is 0 Å². The number of benzene rings is 1. The maximum absolute atomic E-state index is 11.5. The predicted molar refractivity (Wildman–Crippen MR) is 59.7 cm³/mol. The van der Waals surface area contributed by atoms with Gasteiger partial charge in [0, 0.05) is 18.2 Å². The molecule has 1 aromatic carbocycles. The van der Waals surface area contributed by atoms with Crippen LogP contribution in [-0.4, -0.2) is 17.6 Å². The molecule has 1 unspecified atom stereocenters. The molecule has 0 saturated heterocycles. The molecule has 1 rings (SSSR count). The van der Waals surface area contributed by atoms with Crippen molar-refractivity contribution in [2.75, 3.05) is 11.9 Å². The van der Waals surface area contributed by atoms with E-state index in [-0.39, 0.29) is 17.6 Å². The van der Waals surface area contributed by atoms with Crippen LogP contribution in [0.15, 0.2) is 18.2 Å². The van der Waals surface area contributed by atoms with E-state index in [1.165, 1.54) is 0 Å². The number of nitrogens with one attached hydrogen (secondary N) is 1. The molecule has 1 aromatic rings. The summed E-state index contributed by atoms with van der Waals surface area (Å²) in [6.07, 6.45) is 0. The molecule has 0 aliphatic heterocycles. The van der Waals surface area contributed by atoms with E-state index in [9.17, 15) is 9.90 Å². The summed E-state index contributed by atoms with van der Waals surface area (Å²) in [6, 6.07) is 4.93. The number of hydrogen-bond acceptors (Lipinski definition) is 3. The van der Waals surface area contributed by atoms with Gasteiger partial charge in [0.15, 0.2) is 0 Å². The molecule has 0 aliphatic rings. The normalized spacial score (nSPS) is 12.2. The molecule has 15 heavy (non-hydrogen) atoms. The summed E-state index contributed by atoms with van der Waals surface area (Å²) in [6.45, 7) is 3.86. The fourth-order valence-corrected chi connectivity index (χ4v) is 1.11. The summed E-state index contributed by atoms with van der Waals surface area (Å²) in [7, 11) is 0. The molecule has 1 amide bonds. The largest absolute Gasteiger partial charge is 0.508 e. The predicted octanol–water partition coefficient (Wildman–Crippen LogP) is 1.23. The number of rotatable bonds is 3. The minimum Gasteiger partial charge on any atom is -0.508 e. The van der Waals surface area contributed by atoms with Crippen molar-refractivity contribution in [3.05, 3.63) is 23.8 Å². The zero-order valence-corrected chi connectivity index (χ0v) is 8.95. The Kier molecular flexibility index (Phi) is 3.68. The Morgan fingerprint density at radius 1 is 1.60 bits per heavy atom. The van der Waals surface area contributed by atoms with Gasteiger partial charge in [0.25, 0.3) is 0 Å². The number of anilines is 1. The maximum atomic E-state index is 11.5. The summed E-state index contributed by atoms with van der Waals surface area (Å²) in [5.41, 5.74) is 6.79. The lowest BCUT2D eigenvalue weighted by Gasteiger charge is -2.10. The van der Waals surface area contributed by atoms with Crippen LogP contribution in [-0.2, 0) is 4.79 Å². The quantitative estimate of drug-likeness (QED) is 0.654. The second-order valence-corrected chi connectivity index (χ2v) is 3.63. The zero-order valence-electron chi connectivity index (χ0n) is 8.95. The smallest absolute Gasteiger partial charge is 0.228 e. The highest BCUT2D eigenvalue weighted by atomic mass is 16.3. The topological polar surface area (TPSA) is 75.4 Å². The monoisotopic (exact) mass is 208 g/mol. The van der Waals surface area contributed by atoms with Crippen LogP contribution in [0.3, 0.4) is 0 Å². The van der Waals surface area contributed by atoms with Gasteiger partial charge in [0.2, 0.25) is 5.91 Å². The third kappa shape index (κ3) is 2.95. The minimum atomic E-state index is -0.209. The molecule has 1 atom stereocenters. The van der Waals surface area contributed by atoms with Gasteiger partial charge in [0.1, 0.15) is 5.75 Å². The van der Waals surface area contributed by atoms with Gasteiger partial charge in [-0.25, -0.2) is 0 Å². The van der Waals surface area contributed by atoms with E-state index >= 15 is 0 Å². The van der Waals surface area contributed by atoms with E-state index in [2.05, 4.69) is 5.32 Å². The van der Waals surface area contributed by atoms with Crippen LogP contribution in [0.1, 0.15) is 12.5 Å².